The van der Waals surface area contributed by atoms with Gasteiger partial charge in [-0.05, 0) is 37.3 Å². The van der Waals surface area contributed by atoms with E-state index in [1.807, 2.05) is 31.2 Å². The van der Waals surface area contributed by atoms with Crippen molar-refractivity contribution in [2.24, 2.45) is 0 Å². The van der Waals surface area contributed by atoms with Gasteiger partial charge in [0.25, 0.3) is 0 Å². The molecule has 0 aliphatic heterocycles. The number of nitrogens with zero attached hydrogens (tertiary/aromatic N) is 2. The molecule has 1 N–H and O–H groups in total. The van der Waals surface area contributed by atoms with Crippen LogP contribution in [-0.4, -0.2) is 21.6 Å². The molecule has 0 fully saturated rings. The molecule has 2 aromatic heterocycles. The van der Waals surface area contributed by atoms with Crippen LogP contribution in [0.5, 0.6) is 0 Å². The lowest BCUT2D eigenvalue weighted by atomic mass is 10.2. The summed E-state index contributed by atoms with van der Waals surface area (Å²) in [4.78, 5) is 21.2. The van der Waals surface area contributed by atoms with Crippen LogP contribution in [0.15, 0.2) is 58.0 Å². The van der Waals surface area contributed by atoms with Gasteiger partial charge in [-0.15, -0.1) is 0 Å². The molecule has 0 saturated carbocycles. The number of carbonyl (C=O) groups is 1. The standard InChI is InChI=1S/C19H14ClN3O2S/c1-11-21-17-14-7-2-3-8-15(14)25-18(17)19(22-11)26-10-16(24)23-13-6-4-5-12(20)9-13/h2-9H,10H2,1H3,(H,23,24). The first-order valence-corrected chi connectivity index (χ1v) is 9.30. The van der Waals surface area contributed by atoms with Crippen molar-refractivity contribution in [1.82, 2.24) is 9.97 Å². The Morgan fingerprint density at radius 1 is 1.19 bits per heavy atom. The van der Waals surface area contributed by atoms with Crippen LogP contribution in [0.3, 0.4) is 0 Å². The number of nitrogens with one attached hydrogen (secondary N) is 1. The number of aryl methyl sites for hydroxylation is 1. The second-order valence-corrected chi connectivity index (χ2v) is 7.10. The van der Waals surface area contributed by atoms with Gasteiger partial charge in [0, 0.05) is 16.1 Å². The first-order valence-electron chi connectivity index (χ1n) is 7.94. The van der Waals surface area contributed by atoms with Gasteiger partial charge in [-0.2, -0.15) is 0 Å². The Labute approximate surface area is 158 Å². The zero-order valence-corrected chi connectivity index (χ0v) is 15.4. The van der Waals surface area contributed by atoms with Gasteiger partial charge in [-0.1, -0.05) is 41.6 Å². The number of furan rings is 1. The summed E-state index contributed by atoms with van der Waals surface area (Å²) < 4.78 is 5.91. The molecular weight excluding hydrogens is 370 g/mol. The molecule has 0 aliphatic rings. The fraction of sp³-hybridized carbons (Fsp3) is 0.105. The predicted octanol–water partition coefficient (Wildman–Crippen LogP) is 5.07. The molecule has 7 heteroatoms. The third-order valence-electron chi connectivity index (χ3n) is 3.75. The summed E-state index contributed by atoms with van der Waals surface area (Å²) in [5, 5.41) is 5.00. The van der Waals surface area contributed by atoms with Crippen LogP contribution < -0.4 is 5.32 Å². The van der Waals surface area contributed by atoms with Gasteiger partial charge in [-0.25, -0.2) is 9.97 Å². The van der Waals surface area contributed by atoms with E-state index in [-0.39, 0.29) is 11.7 Å². The molecule has 0 radical (unpaired) electrons. The van der Waals surface area contributed by atoms with E-state index in [9.17, 15) is 4.79 Å². The molecule has 0 spiro atoms. The van der Waals surface area contributed by atoms with Crippen LogP contribution in [0.2, 0.25) is 5.02 Å². The number of hydrogen-bond donors (Lipinski definition) is 1. The minimum absolute atomic E-state index is 0.141. The normalized spacial score (nSPS) is 11.2. The Bertz CT molecular complexity index is 1130. The fourth-order valence-corrected chi connectivity index (χ4v) is 3.66. The number of anilines is 1. The number of amides is 1. The Hall–Kier alpha value is -2.57. The van der Waals surface area contributed by atoms with Gasteiger partial charge in [0.1, 0.15) is 22.0 Å². The van der Waals surface area contributed by atoms with E-state index >= 15 is 0 Å². The number of thioether (sulfide) groups is 1. The molecule has 26 heavy (non-hydrogen) atoms. The number of carbonyl (C=O) groups excluding carboxylic acids is 1. The lowest BCUT2D eigenvalue weighted by Gasteiger charge is -2.06. The zero-order chi connectivity index (χ0) is 18.1. The average Bonchev–Trinajstić information content (AvgIpc) is 2.98. The van der Waals surface area contributed by atoms with Crippen LogP contribution in [0.4, 0.5) is 5.69 Å². The van der Waals surface area contributed by atoms with E-state index in [4.69, 9.17) is 16.0 Å². The summed E-state index contributed by atoms with van der Waals surface area (Å²) in [5.41, 5.74) is 2.80. The maximum Gasteiger partial charge on any atom is 0.234 e. The van der Waals surface area contributed by atoms with Gasteiger partial charge in [-0.3, -0.25) is 4.79 Å². The van der Waals surface area contributed by atoms with E-state index in [1.165, 1.54) is 11.8 Å². The largest absolute Gasteiger partial charge is 0.451 e. The highest BCUT2D eigenvalue weighted by molar-refractivity contribution is 8.00. The molecule has 0 aliphatic carbocycles. The van der Waals surface area contributed by atoms with Gasteiger partial charge < -0.3 is 9.73 Å². The molecular formula is C19H14ClN3O2S. The molecule has 4 aromatic rings. The van der Waals surface area contributed by atoms with Crippen LogP contribution in [0.25, 0.3) is 22.1 Å². The highest BCUT2D eigenvalue weighted by Gasteiger charge is 2.16. The Morgan fingerprint density at radius 2 is 2.04 bits per heavy atom. The molecule has 1 amide bonds. The number of para-hydroxylation sites is 1. The van der Waals surface area contributed by atoms with Crippen molar-refractivity contribution in [3.8, 4) is 0 Å². The minimum Gasteiger partial charge on any atom is -0.451 e. The summed E-state index contributed by atoms with van der Waals surface area (Å²) in [6.45, 7) is 1.83. The molecule has 130 valence electrons. The van der Waals surface area contributed by atoms with Crippen LogP contribution in [-0.2, 0) is 4.79 Å². The lowest BCUT2D eigenvalue weighted by molar-refractivity contribution is -0.113. The minimum atomic E-state index is -0.141. The first-order chi connectivity index (χ1) is 12.6. The van der Waals surface area contributed by atoms with E-state index in [1.54, 1.807) is 24.3 Å². The topological polar surface area (TPSA) is 68.0 Å². The molecule has 2 aromatic carbocycles. The summed E-state index contributed by atoms with van der Waals surface area (Å²) >= 11 is 7.26. The molecule has 0 atom stereocenters. The number of halogens is 1. The number of hydrogen-bond acceptors (Lipinski definition) is 5. The lowest BCUT2D eigenvalue weighted by Crippen LogP contribution is -2.14. The second-order valence-electron chi connectivity index (χ2n) is 5.70. The van der Waals surface area contributed by atoms with Gasteiger partial charge in [0.05, 0.1) is 5.75 Å². The van der Waals surface area contributed by atoms with E-state index in [0.29, 0.717) is 27.1 Å². The number of benzene rings is 2. The van der Waals surface area contributed by atoms with Crippen molar-refractivity contribution in [3.05, 3.63) is 59.4 Å². The van der Waals surface area contributed by atoms with Crippen molar-refractivity contribution >= 4 is 57.0 Å². The summed E-state index contributed by atoms with van der Waals surface area (Å²) in [7, 11) is 0. The van der Waals surface area contributed by atoms with Crippen molar-refractivity contribution in [2.45, 2.75) is 11.9 Å². The number of aromatic nitrogens is 2. The van der Waals surface area contributed by atoms with E-state index in [0.717, 1.165) is 16.5 Å². The van der Waals surface area contributed by atoms with Crippen molar-refractivity contribution in [1.29, 1.82) is 0 Å². The second kappa shape index (κ2) is 6.97. The van der Waals surface area contributed by atoms with Crippen LogP contribution >= 0.6 is 23.4 Å². The third kappa shape index (κ3) is 3.38. The van der Waals surface area contributed by atoms with Gasteiger partial charge in [0.2, 0.25) is 5.91 Å². The monoisotopic (exact) mass is 383 g/mol. The first kappa shape index (κ1) is 16.9. The molecule has 2 heterocycles. The maximum absolute atomic E-state index is 12.2. The van der Waals surface area contributed by atoms with Crippen LogP contribution in [0.1, 0.15) is 5.82 Å². The average molecular weight is 384 g/mol. The summed E-state index contributed by atoms with van der Waals surface area (Å²) in [5.74, 6) is 0.703. The summed E-state index contributed by atoms with van der Waals surface area (Å²) in [6.07, 6.45) is 0. The maximum atomic E-state index is 12.2. The zero-order valence-electron chi connectivity index (χ0n) is 13.8. The van der Waals surface area contributed by atoms with Crippen molar-refractivity contribution < 1.29 is 9.21 Å². The highest BCUT2D eigenvalue weighted by atomic mass is 35.5. The van der Waals surface area contributed by atoms with Gasteiger partial charge in [0.15, 0.2) is 5.58 Å². The van der Waals surface area contributed by atoms with E-state index < -0.39 is 0 Å². The van der Waals surface area contributed by atoms with E-state index in [2.05, 4.69) is 15.3 Å². The number of rotatable bonds is 4. The quantitative estimate of drug-likeness (QED) is 0.393. The highest BCUT2D eigenvalue weighted by Crippen LogP contribution is 2.33. The van der Waals surface area contributed by atoms with Crippen molar-refractivity contribution in [2.75, 3.05) is 11.1 Å². The Balaban J connectivity index is 1.58. The number of fused-ring (bicyclic) bond motifs is 3. The molecule has 0 bridgehead atoms. The molecule has 0 unspecified atom stereocenters. The van der Waals surface area contributed by atoms with Crippen LogP contribution in [0, 0.1) is 6.92 Å². The SMILES string of the molecule is Cc1nc(SCC(=O)Nc2cccc(Cl)c2)c2oc3ccccc3c2n1. The van der Waals surface area contributed by atoms with Gasteiger partial charge >= 0.3 is 0 Å². The summed E-state index contributed by atoms with van der Waals surface area (Å²) in [6, 6.07) is 14.8. The smallest absolute Gasteiger partial charge is 0.234 e. The molecule has 0 saturated heterocycles. The predicted molar refractivity (Wildman–Crippen MR) is 105 cm³/mol. The van der Waals surface area contributed by atoms with Crippen molar-refractivity contribution in [3.63, 3.8) is 0 Å². The Kier molecular flexibility index (Phi) is 4.53. The third-order valence-corrected chi connectivity index (χ3v) is 4.94. The fourth-order valence-electron chi connectivity index (χ4n) is 2.67. The molecule has 5 nitrogen and oxygen atoms in total. The Morgan fingerprint density at radius 3 is 2.88 bits per heavy atom. The molecule has 4 rings (SSSR count).